The summed E-state index contributed by atoms with van der Waals surface area (Å²) in [7, 11) is 0. The van der Waals surface area contributed by atoms with Gasteiger partial charge < -0.3 is 20.5 Å². The minimum atomic E-state index is -0.326. The van der Waals surface area contributed by atoms with Crippen LogP contribution in [0.2, 0.25) is 10.0 Å². The van der Waals surface area contributed by atoms with Crippen LogP contribution in [0.5, 0.6) is 11.5 Å². The van der Waals surface area contributed by atoms with E-state index in [1.165, 1.54) is 0 Å². The van der Waals surface area contributed by atoms with Crippen LogP contribution in [0.4, 0.5) is 0 Å². The molecule has 0 saturated heterocycles. The van der Waals surface area contributed by atoms with E-state index in [9.17, 15) is 4.79 Å². The van der Waals surface area contributed by atoms with E-state index in [2.05, 4.69) is 5.32 Å². The largest absolute Gasteiger partial charge is 0.490 e. The lowest BCUT2D eigenvalue weighted by molar-refractivity contribution is -0.125. The number of benzene rings is 3. The van der Waals surface area contributed by atoms with Crippen LogP contribution < -0.4 is 20.5 Å². The van der Waals surface area contributed by atoms with Gasteiger partial charge in [-0.05, 0) is 61.2 Å². The molecule has 5 nitrogen and oxygen atoms in total. The standard InChI is InChI=1S/C27H30Cl2N2O3/c1-18-14-24(28)26(25(29)15-18)34-13-12-33-22-10-8-20(9-11-22)16-23(19(2)30)27(32)31-17-21-6-4-3-5-7-21/h3-11,14-15,19,23H,12-13,16-17,30H2,1-2H3,(H,31,32). The molecule has 3 rings (SSSR count). The van der Waals surface area contributed by atoms with Gasteiger partial charge in [-0.1, -0.05) is 65.7 Å². The lowest BCUT2D eigenvalue weighted by Gasteiger charge is -2.20. The van der Waals surface area contributed by atoms with Gasteiger partial charge in [0, 0.05) is 12.6 Å². The maximum atomic E-state index is 12.7. The van der Waals surface area contributed by atoms with E-state index < -0.39 is 0 Å². The molecule has 0 aliphatic rings. The number of ether oxygens (including phenoxy) is 2. The van der Waals surface area contributed by atoms with Crippen molar-refractivity contribution in [2.24, 2.45) is 11.7 Å². The number of nitrogens with two attached hydrogens (primary N) is 1. The maximum absolute atomic E-state index is 12.7. The Morgan fingerprint density at radius 2 is 1.56 bits per heavy atom. The molecule has 0 radical (unpaired) electrons. The summed E-state index contributed by atoms with van der Waals surface area (Å²) in [6.45, 7) is 4.90. The maximum Gasteiger partial charge on any atom is 0.225 e. The van der Waals surface area contributed by atoms with Gasteiger partial charge in [-0.2, -0.15) is 0 Å². The molecule has 180 valence electrons. The second-order valence-electron chi connectivity index (χ2n) is 8.27. The van der Waals surface area contributed by atoms with Crippen molar-refractivity contribution in [3.05, 3.63) is 93.5 Å². The number of nitrogens with one attached hydrogen (secondary N) is 1. The van der Waals surface area contributed by atoms with Gasteiger partial charge in [0.25, 0.3) is 0 Å². The summed E-state index contributed by atoms with van der Waals surface area (Å²) in [6, 6.07) is 20.8. The predicted molar refractivity (Wildman–Crippen MR) is 138 cm³/mol. The van der Waals surface area contributed by atoms with Crippen molar-refractivity contribution < 1.29 is 14.3 Å². The van der Waals surface area contributed by atoms with Crippen molar-refractivity contribution in [3.8, 4) is 11.5 Å². The van der Waals surface area contributed by atoms with Gasteiger partial charge in [-0.25, -0.2) is 0 Å². The molecule has 3 aromatic carbocycles. The smallest absolute Gasteiger partial charge is 0.225 e. The number of aryl methyl sites for hydroxylation is 1. The fourth-order valence-electron chi connectivity index (χ4n) is 3.54. The summed E-state index contributed by atoms with van der Waals surface area (Å²) in [5.74, 6) is 0.789. The van der Waals surface area contributed by atoms with Crippen molar-refractivity contribution in [3.63, 3.8) is 0 Å². The third kappa shape index (κ3) is 7.66. The Kier molecular flexibility index (Phi) is 9.63. The zero-order valence-electron chi connectivity index (χ0n) is 19.4. The van der Waals surface area contributed by atoms with Crippen LogP contribution in [-0.4, -0.2) is 25.2 Å². The zero-order chi connectivity index (χ0) is 24.5. The van der Waals surface area contributed by atoms with Gasteiger partial charge in [-0.3, -0.25) is 4.79 Å². The third-order valence-corrected chi connectivity index (χ3v) is 5.96. The number of amides is 1. The first-order valence-corrected chi connectivity index (χ1v) is 12.0. The highest BCUT2D eigenvalue weighted by atomic mass is 35.5. The summed E-state index contributed by atoms with van der Waals surface area (Å²) in [5.41, 5.74) is 9.16. The normalized spacial score (nSPS) is 12.6. The van der Waals surface area contributed by atoms with Crippen LogP contribution >= 0.6 is 23.2 Å². The molecule has 0 spiro atoms. The number of halogens is 2. The first-order valence-electron chi connectivity index (χ1n) is 11.2. The van der Waals surface area contributed by atoms with E-state index in [1.807, 2.05) is 68.4 Å². The van der Waals surface area contributed by atoms with Crippen molar-refractivity contribution in [2.45, 2.75) is 32.9 Å². The second-order valence-corrected chi connectivity index (χ2v) is 9.09. The average Bonchev–Trinajstić information content (AvgIpc) is 2.81. The fraction of sp³-hybridized carbons (Fsp3) is 0.296. The highest BCUT2D eigenvalue weighted by Crippen LogP contribution is 2.33. The zero-order valence-corrected chi connectivity index (χ0v) is 20.9. The Hall–Kier alpha value is -2.73. The number of hydrogen-bond acceptors (Lipinski definition) is 4. The number of hydrogen-bond donors (Lipinski definition) is 2. The van der Waals surface area contributed by atoms with E-state index in [0.717, 1.165) is 16.7 Å². The van der Waals surface area contributed by atoms with E-state index in [0.29, 0.717) is 47.7 Å². The highest BCUT2D eigenvalue weighted by molar-refractivity contribution is 6.37. The summed E-state index contributed by atoms with van der Waals surface area (Å²) in [6.07, 6.45) is 0.548. The molecule has 3 aromatic rings. The van der Waals surface area contributed by atoms with E-state index in [4.69, 9.17) is 38.4 Å². The molecular weight excluding hydrogens is 471 g/mol. The number of carbonyl (C=O) groups is 1. The molecule has 2 unspecified atom stereocenters. The predicted octanol–water partition coefficient (Wildman–Crippen LogP) is 5.58. The van der Waals surface area contributed by atoms with Crippen LogP contribution in [0.25, 0.3) is 0 Å². The lowest BCUT2D eigenvalue weighted by atomic mass is 9.92. The van der Waals surface area contributed by atoms with Gasteiger partial charge in [0.05, 0.1) is 16.0 Å². The minimum Gasteiger partial charge on any atom is -0.490 e. The van der Waals surface area contributed by atoms with Crippen LogP contribution in [0.15, 0.2) is 66.7 Å². The van der Waals surface area contributed by atoms with Crippen molar-refractivity contribution in [1.29, 1.82) is 0 Å². The molecule has 0 aliphatic heterocycles. The lowest BCUT2D eigenvalue weighted by Crippen LogP contribution is -2.41. The SMILES string of the molecule is Cc1cc(Cl)c(OCCOc2ccc(CC(C(=O)NCc3ccccc3)C(C)N)cc2)c(Cl)c1. The van der Waals surface area contributed by atoms with Crippen molar-refractivity contribution >= 4 is 29.1 Å². The molecule has 0 heterocycles. The molecule has 7 heteroatoms. The molecule has 0 bridgehead atoms. The van der Waals surface area contributed by atoms with Crippen LogP contribution in [0, 0.1) is 12.8 Å². The average molecular weight is 501 g/mol. The quantitative estimate of drug-likeness (QED) is 0.337. The molecule has 0 aliphatic carbocycles. The van der Waals surface area contributed by atoms with E-state index in [-0.39, 0.29) is 17.9 Å². The Balaban J connectivity index is 1.48. The monoisotopic (exact) mass is 500 g/mol. The fourth-order valence-corrected chi connectivity index (χ4v) is 4.24. The molecule has 3 N–H and O–H groups in total. The molecule has 0 aromatic heterocycles. The third-order valence-electron chi connectivity index (χ3n) is 5.40. The number of carbonyl (C=O) groups excluding carboxylic acids is 1. The topological polar surface area (TPSA) is 73.6 Å². The summed E-state index contributed by atoms with van der Waals surface area (Å²) >= 11 is 12.4. The molecular formula is C27H30Cl2N2O3. The van der Waals surface area contributed by atoms with Crippen molar-refractivity contribution in [1.82, 2.24) is 5.32 Å². The van der Waals surface area contributed by atoms with Crippen LogP contribution in [-0.2, 0) is 17.8 Å². The van der Waals surface area contributed by atoms with Gasteiger partial charge in [-0.15, -0.1) is 0 Å². The Bertz CT molecular complexity index is 1050. The van der Waals surface area contributed by atoms with Gasteiger partial charge in [0.2, 0.25) is 5.91 Å². The van der Waals surface area contributed by atoms with Gasteiger partial charge in [0.15, 0.2) is 5.75 Å². The Morgan fingerprint density at radius 3 is 2.18 bits per heavy atom. The number of rotatable bonds is 11. The molecule has 0 fully saturated rings. The van der Waals surface area contributed by atoms with Crippen LogP contribution in [0.3, 0.4) is 0 Å². The first-order chi connectivity index (χ1) is 16.3. The molecule has 1 amide bonds. The van der Waals surface area contributed by atoms with E-state index in [1.54, 1.807) is 12.1 Å². The minimum absolute atomic E-state index is 0.0512. The Labute approximate surface area is 211 Å². The van der Waals surface area contributed by atoms with Gasteiger partial charge in [0.1, 0.15) is 19.0 Å². The molecule has 34 heavy (non-hydrogen) atoms. The Morgan fingerprint density at radius 1 is 0.941 bits per heavy atom. The summed E-state index contributed by atoms with van der Waals surface area (Å²) in [4.78, 5) is 12.7. The highest BCUT2D eigenvalue weighted by Gasteiger charge is 2.23. The molecule has 2 atom stereocenters. The summed E-state index contributed by atoms with van der Waals surface area (Å²) in [5, 5.41) is 3.95. The van der Waals surface area contributed by atoms with Gasteiger partial charge >= 0.3 is 0 Å². The molecule has 0 saturated carbocycles. The van der Waals surface area contributed by atoms with Crippen LogP contribution in [0.1, 0.15) is 23.6 Å². The van der Waals surface area contributed by atoms with Crippen molar-refractivity contribution in [2.75, 3.05) is 13.2 Å². The van der Waals surface area contributed by atoms with E-state index >= 15 is 0 Å². The summed E-state index contributed by atoms with van der Waals surface area (Å²) < 4.78 is 11.4. The second kappa shape index (κ2) is 12.7. The first kappa shape index (κ1) is 25.9.